The first-order valence-corrected chi connectivity index (χ1v) is 12.7. The summed E-state index contributed by atoms with van der Waals surface area (Å²) in [5, 5.41) is 22.3. The molecule has 1 amide bonds. The van der Waals surface area contributed by atoms with Crippen LogP contribution in [0.2, 0.25) is 0 Å². The molecule has 0 bridgehead atoms. The highest BCUT2D eigenvalue weighted by Gasteiger charge is 2.17. The monoisotopic (exact) mass is 435 g/mol. The molecule has 31 heavy (non-hydrogen) atoms. The van der Waals surface area contributed by atoms with Gasteiger partial charge in [0.05, 0.1) is 18.8 Å². The number of hydrogen-bond donors (Lipinski definition) is 3. The van der Waals surface area contributed by atoms with Crippen LogP contribution in [0.1, 0.15) is 110 Å². The highest BCUT2D eigenvalue weighted by Crippen LogP contribution is 2.09. The Hall–Kier alpha value is -1.39. The van der Waals surface area contributed by atoms with Crippen LogP contribution in [-0.2, 0) is 4.79 Å². The van der Waals surface area contributed by atoms with Gasteiger partial charge in [0.2, 0.25) is 5.91 Å². The van der Waals surface area contributed by atoms with E-state index in [0.29, 0.717) is 6.42 Å². The van der Waals surface area contributed by atoms with Gasteiger partial charge < -0.3 is 15.5 Å². The van der Waals surface area contributed by atoms with Crippen LogP contribution in [0.4, 0.5) is 0 Å². The van der Waals surface area contributed by atoms with Gasteiger partial charge in [-0.2, -0.15) is 0 Å². The predicted molar refractivity (Wildman–Crippen MR) is 133 cm³/mol. The predicted octanol–water partition coefficient (Wildman–Crippen LogP) is 6.38. The Balaban J connectivity index is 3.67. The third-order valence-electron chi connectivity index (χ3n) is 5.37. The topological polar surface area (TPSA) is 69.6 Å². The molecule has 0 saturated heterocycles. The van der Waals surface area contributed by atoms with E-state index in [0.717, 1.165) is 51.4 Å². The first kappa shape index (κ1) is 29.6. The summed E-state index contributed by atoms with van der Waals surface area (Å²) in [7, 11) is 0. The lowest BCUT2D eigenvalue weighted by Crippen LogP contribution is -2.45. The van der Waals surface area contributed by atoms with Gasteiger partial charge in [0.25, 0.3) is 0 Å². The van der Waals surface area contributed by atoms with Crippen LogP contribution in [0.25, 0.3) is 0 Å². The second-order valence-electron chi connectivity index (χ2n) is 8.40. The molecule has 0 rings (SSSR count). The number of carbonyl (C=O) groups is 1. The van der Waals surface area contributed by atoms with Crippen LogP contribution in [0.5, 0.6) is 0 Å². The molecular weight excluding hydrogens is 386 g/mol. The van der Waals surface area contributed by atoms with Crippen LogP contribution >= 0.6 is 0 Å². The molecule has 0 aliphatic carbocycles. The Morgan fingerprint density at radius 3 is 2.00 bits per heavy atom. The van der Waals surface area contributed by atoms with Gasteiger partial charge in [-0.3, -0.25) is 4.79 Å². The Kier molecular flexibility index (Phi) is 22.2. The maximum atomic E-state index is 12.1. The maximum Gasteiger partial charge on any atom is 0.220 e. The molecule has 180 valence electrons. The summed E-state index contributed by atoms with van der Waals surface area (Å²) < 4.78 is 0. The largest absolute Gasteiger partial charge is 0.394 e. The third-order valence-corrected chi connectivity index (χ3v) is 5.37. The lowest BCUT2D eigenvalue weighted by molar-refractivity contribution is -0.123. The molecular formula is C27H49NO3. The van der Waals surface area contributed by atoms with Gasteiger partial charge >= 0.3 is 0 Å². The molecule has 0 heterocycles. The lowest BCUT2D eigenvalue weighted by atomic mass is 10.1. The molecule has 0 aromatic carbocycles. The number of hydrogen-bond acceptors (Lipinski definition) is 3. The van der Waals surface area contributed by atoms with Gasteiger partial charge in [-0.25, -0.2) is 0 Å². The summed E-state index contributed by atoms with van der Waals surface area (Å²) in [4.78, 5) is 12.1. The minimum atomic E-state index is -0.838. The minimum Gasteiger partial charge on any atom is -0.394 e. The Bertz CT molecular complexity index is 485. The highest BCUT2D eigenvalue weighted by atomic mass is 16.3. The first-order valence-electron chi connectivity index (χ1n) is 12.7. The zero-order chi connectivity index (χ0) is 23.0. The zero-order valence-electron chi connectivity index (χ0n) is 20.2. The van der Waals surface area contributed by atoms with Crippen molar-refractivity contribution in [1.82, 2.24) is 5.32 Å². The number of rotatable bonds is 21. The van der Waals surface area contributed by atoms with Crippen molar-refractivity contribution in [2.45, 2.75) is 122 Å². The van der Waals surface area contributed by atoms with Crippen LogP contribution in [0.3, 0.4) is 0 Å². The first-order chi connectivity index (χ1) is 15.2. The second kappa shape index (κ2) is 23.3. The highest BCUT2D eigenvalue weighted by molar-refractivity contribution is 5.76. The van der Waals surface area contributed by atoms with Crippen molar-refractivity contribution < 1.29 is 15.0 Å². The fourth-order valence-corrected chi connectivity index (χ4v) is 3.31. The molecule has 4 heteroatoms. The van der Waals surface area contributed by atoms with Crippen LogP contribution < -0.4 is 5.32 Å². The van der Waals surface area contributed by atoms with Crippen molar-refractivity contribution >= 4 is 5.91 Å². The number of allylic oxidation sites excluding steroid dienone is 5. The standard InChI is InChI=1S/C27H49NO3/c1-3-5-7-9-10-11-12-13-14-15-16-17-18-19-21-23-27(31)28-25(24-29)26(30)22-20-8-6-4-2/h10-11,13-14,20,22,25-26,29-30H,3-9,12,15-19,21,23-24H2,1-2H3,(H,28,31)/b11-10-,14-13-,22-20+. The molecule has 0 aromatic rings. The van der Waals surface area contributed by atoms with Crippen molar-refractivity contribution in [2.24, 2.45) is 0 Å². The molecule has 0 aliphatic rings. The quantitative estimate of drug-likeness (QED) is 0.145. The van der Waals surface area contributed by atoms with Gasteiger partial charge in [0.1, 0.15) is 0 Å². The molecule has 0 aliphatic heterocycles. The second-order valence-corrected chi connectivity index (χ2v) is 8.40. The fraction of sp³-hybridized carbons (Fsp3) is 0.741. The van der Waals surface area contributed by atoms with Gasteiger partial charge in [0, 0.05) is 6.42 Å². The molecule has 0 fully saturated rings. The van der Waals surface area contributed by atoms with Gasteiger partial charge in [-0.1, -0.05) is 95.2 Å². The zero-order valence-corrected chi connectivity index (χ0v) is 20.2. The molecule has 4 nitrogen and oxygen atoms in total. The van der Waals surface area contributed by atoms with E-state index < -0.39 is 12.1 Å². The minimum absolute atomic E-state index is 0.0919. The van der Waals surface area contributed by atoms with Gasteiger partial charge in [0.15, 0.2) is 0 Å². The molecule has 0 aromatic heterocycles. The third kappa shape index (κ3) is 20.3. The number of unbranched alkanes of at least 4 members (excludes halogenated alkanes) is 10. The van der Waals surface area contributed by atoms with Crippen LogP contribution in [-0.4, -0.2) is 34.9 Å². The molecule has 2 atom stereocenters. The van der Waals surface area contributed by atoms with E-state index in [1.165, 1.54) is 38.5 Å². The van der Waals surface area contributed by atoms with E-state index in [4.69, 9.17) is 0 Å². The maximum absolute atomic E-state index is 12.1. The van der Waals surface area contributed by atoms with Crippen molar-refractivity contribution in [3.63, 3.8) is 0 Å². The Labute approximate surface area is 191 Å². The average molecular weight is 436 g/mol. The number of aliphatic hydroxyl groups is 2. The summed E-state index contributed by atoms with van der Waals surface area (Å²) in [6, 6.07) is -0.622. The summed E-state index contributed by atoms with van der Waals surface area (Å²) in [6.45, 7) is 4.10. The van der Waals surface area contributed by atoms with E-state index >= 15 is 0 Å². The summed E-state index contributed by atoms with van der Waals surface area (Å²) in [5.41, 5.74) is 0. The Morgan fingerprint density at radius 2 is 1.35 bits per heavy atom. The fourth-order valence-electron chi connectivity index (χ4n) is 3.31. The van der Waals surface area contributed by atoms with Gasteiger partial charge in [-0.15, -0.1) is 0 Å². The summed E-state index contributed by atoms with van der Waals surface area (Å²) in [5.74, 6) is -0.0919. The summed E-state index contributed by atoms with van der Waals surface area (Å²) >= 11 is 0. The van der Waals surface area contributed by atoms with E-state index in [9.17, 15) is 15.0 Å². The average Bonchev–Trinajstić information content (AvgIpc) is 2.77. The van der Waals surface area contributed by atoms with Crippen molar-refractivity contribution in [1.29, 1.82) is 0 Å². The van der Waals surface area contributed by atoms with Gasteiger partial charge in [-0.05, 0) is 44.9 Å². The Morgan fingerprint density at radius 1 is 0.774 bits per heavy atom. The molecule has 3 N–H and O–H groups in total. The molecule has 2 unspecified atom stereocenters. The number of amides is 1. The van der Waals surface area contributed by atoms with E-state index in [1.54, 1.807) is 6.08 Å². The number of carbonyl (C=O) groups excluding carboxylic acids is 1. The van der Waals surface area contributed by atoms with Crippen molar-refractivity contribution in [3.05, 3.63) is 36.5 Å². The van der Waals surface area contributed by atoms with E-state index in [-0.39, 0.29) is 12.5 Å². The van der Waals surface area contributed by atoms with Crippen LogP contribution in [0, 0.1) is 0 Å². The van der Waals surface area contributed by atoms with Crippen LogP contribution in [0.15, 0.2) is 36.5 Å². The molecule has 0 spiro atoms. The molecule has 0 saturated carbocycles. The smallest absolute Gasteiger partial charge is 0.220 e. The van der Waals surface area contributed by atoms with Crippen molar-refractivity contribution in [3.8, 4) is 0 Å². The lowest BCUT2D eigenvalue weighted by Gasteiger charge is -2.19. The number of aliphatic hydroxyl groups excluding tert-OH is 2. The normalized spacial score (nSPS) is 14.1. The van der Waals surface area contributed by atoms with E-state index in [2.05, 4.69) is 43.5 Å². The molecule has 0 radical (unpaired) electrons. The summed E-state index contributed by atoms with van der Waals surface area (Å²) in [6.07, 6.45) is 28.1. The van der Waals surface area contributed by atoms with Crippen molar-refractivity contribution in [2.75, 3.05) is 6.61 Å². The van der Waals surface area contributed by atoms with E-state index in [1.807, 2.05) is 6.08 Å². The number of nitrogens with one attached hydrogen (secondary N) is 1. The SMILES string of the molecule is CCCC/C=C/C(O)C(CO)NC(=O)CCCCCCC/C=C\C/C=C\CCCCC.